The normalized spacial score (nSPS) is 10.2. The number of H-pyrrole nitrogens is 1. The van der Waals surface area contributed by atoms with Crippen LogP contribution >= 0.6 is 15.9 Å². The standard InChI is InChI=1S/C11H8BrNO2/c12-9-10(14)8(6-13-11(9)15)7-4-2-1-3-5-7/h1-6H,(H2,13,14,15). The predicted octanol–water partition coefficient (Wildman–Crippen LogP) is 2.51. The Morgan fingerprint density at radius 2 is 1.87 bits per heavy atom. The van der Waals surface area contributed by atoms with Gasteiger partial charge in [0.1, 0.15) is 10.2 Å². The third-order valence-electron chi connectivity index (χ3n) is 2.09. The summed E-state index contributed by atoms with van der Waals surface area (Å²) in [5.74, 6) is -0.0371. The summed E-state index contributed by atoms with van der Waals surface area (Å²) in [6, 6.07) is 9.35. The van der Waals surface area contributed by atoms with Gasteiger partial charge >= 0.3 is 0 Å². The smallest absolute Gasteiger partial charge is 0.266 e. The molecule has 0 radical (unpaired) electrons. The highest BCUT2D eigenvalue weighted by Gasteiger charge is 2.09. The molecule has 1 heterocycles. The van der Waals surface area contributed by atoms with E-state index in [1.807, 2.05) is 30.3 Å². The maximum atomic E-state index is 11.2. The van der Waals surface area contributed by atoms with Crippen molar-refractivity contribution in [3.8, 4) is 16.9 Å². The molecule has 0 saturated carbocycles. The van der Waals surface area contributed by atoms with Crippen LogP contribution in [0.5, 0.6) is 5.75 Å². The van der Waals surface area contributed by atoms with Crippen molar-refractivity contribution in [1.82, 2.24) is 4.98 Å². The zero-order chi connectivity index (χ0) is 10.8. The first kappa shape index (κ1) is 9.98. The minimum Gasteiger partial charge on any atom is -0.506 e. The van der Waals surface area contributed by atoms with Crippen LogP contribution in [0.3, 0.4) is 0 Å². The molecule has 2 aromatic rings. The fourth-order valence-electron chi connectivity index (χ4n) is 1.33. The van der Waals surface area contributed by atoms with E-state index in [9.17, 15) is 9.90 Å². The van der Waals surface area contributed by atoms with E-state index < -0.39 is 0 Å². The monoisotopic (exact) mass is 265 g/mol. The summed E-state index contributed by atoms with van der Waals surface area (Å²) in [6.07, 6.45) is 1.50. The van der Waals surface area contributed by atoms with E-state index >= 15 is 0 Å². The van der Waals surface area contributed by atoms with Crippen LogP contribution < -0.4 is 5.56 Å². The van der Waals surface area contributed by atoms with Gasteiger partial charge in [0.2, 0.25) is 0 Å². The van der Waals surface area contributed by atoms with Gasteiger partial charge in [-0.3, -0.25) is 4.79 Å². The van der Waals surface area contributed by atoms with Gasteiger partial charge in [0.05, 0.1) is 0 Å². The lowest BCUT2D eigenvalue weighted by Crippen LogP contribution is -2.05. The first-order chi connectivity index (χ1) is 7.20. The number of nitrogens with one attached hydrogen (secondary N) is 1. The maximum absolute atomic E-state index is 11.2. The fourth-order valence-corrected chi connectivity index (χ4v) is 1.66. The molecule has 2 rings (SSSR count). The Bertz CT molecular complexity index is 534. The van der Waals surface area contributed by atoms with E-state index in [0.717, 1.165) is 5.56 Å². The van der Waals surface area contributed by atoms with Crippen molar-refractivity contribution in [2.24, 2.45) is 0 Å². The summed E-state index contributed by atoms with van der Waals surface area (Å²) in [7, 11) is 0. The van der Waals surface area contributed by atoms with Gasteiger partial charge in [-0.2, -0.15) is 0 Å². The van der Waals surface area contributed by atoms with Gasteiger partial charge in [0.15, 0.2) is 0 Å². The van der Waals surface area contributed by atoms with Crippen LogP contribution in [0.2, 0.25) is 0 Å². The van der Waals surface area contributed by atoms with Crippen molar-refractivity contribution in [3.05, 3.63) is 51.4 Å². The summed E-state index contributed by atoms with van der Waals surface area (Å²) in [4.78, 5) is 13.7. The van der Waals surface area contributed by atoms with E-state index in [-0.39, 0.29) is 15.8 Å². The van der Waals surface area contributed by atoms with Crippen LogP contribution in [0, 0.1) is 0 Å². The molecule has 0 aliphatic carbocycles. The number of aromatic nitrogens is 1. The van der Waals surface area contributed by atoms with E-state index in [4.69, 9.17) is 0 Å². The van der Waals surface area contributed by atoms with Gasteiger partial charge in [-0.05, 0) is 21.5 Å². The molecule has 0 fully saturated rings. The molecular weight excluding hydrogens is 258 g/mol. The largest absolute Gasteiger partial charge is 0.506 e. The number of hydrogen-bond donors (Lipinski definition) is 2. The van der Waals surface area contributed by atoms with Crippen molar-refractivity contribution < 1.29 is 5.11 Å². The molecule has 0 aliphatic heterocycles. The van der Waals surface area contributed by atoms with Gasteiger partial charge in [-0.1, -0.05) is 30.3 Å². The molecule has 0 aliphatic rings. The number of hydrogen-bond acceptors (Lipinski definition) is 2. The van der Waals surface area contributed by atoms with Gasteiger partial charge in [-0.15, -0.1) is 0 Å². The van der Waals surface area contributed by atoms with Crippen molar-refractivity contribution in [2.45, 2.75) is 0 Å². The number of pyridine rings is 1. The second-order valence-corrected chi connectivity index (χ2v) is 3.85. The second-order valence-electron chi connectivity index (χ2n) is 3.06. The quantitative estimate of drug-likeness (QED) is 0.833. The summed E-state index contributed by atoms with van der Waals surface area (Å²) >= 11 is 3.03. The Morgan fingerprint density at radius 3 is 2.53 bits per heavy atom. The Labute approximate surface area is 94.5 Å². The zero-order valence-corrected chi connectivity index (χ0v) is 9.28. The van der Waals surface area contributed by atoms with Gasteiger partial charge in [-0.25, -0.2) is 0 Å². The summed E-state index contributed by atoms with van der Waals surface area (Å²) in [5, 5.41) is 9.76. The third-order valence-corrected chi connectivity index (χ3v) is 2.83. The van der Waals surface area contributed by atoms with Crippen LogP contribution in [0.15, 0.2) is 45.8 Å². The lowest BCUT2D eigenvalue weighted by molar-refractivity contribution is 0.472. The number of aromatic amines is 1. The first-order valence-electron chi connectivity index (χ1n) is 4.35. The molecule has 0 unspecified atom stereocenters. The van der Waals surface area contributed by atoms with Crippen LogP contribution in [0.4, 0.5) is 0 Å². The van der Waals surface area contributed by atoms with Gasteiger partial charge in [0.25, 0.3) is 5.56 Å². The number of halogens is 1. The highest BCUT2D eigenvalue weighted by Crippen LogP contribution is 2.31. The topological polar surface area (TPSA) is 53.1 Å². The van der Waals surface area contributed by atoms with Crippen LogP contribution in [0.25, 0.3) is 11.1 Å². The molecule has 1 aromatic heterocycles. The molecule has 0 amide bonds. The summed E-state index contributed by atoms with van der Waals surface area (Å²) in [5.41, 5.74) is 1.11. The van der Waals surface area contributed by atoms with Crippen molar-refractivity contribution >= 4 is 15.9 Å². The summed E-state index contributed by atoms with van der Waals surface area (Å²) < 4.78 is 0.156. The Balaban J connectivity index is 2.65. The molecule has 1 aromatic carbocycles. The van der Waals surface area contributed by atoms with E-state index in [1.54, 1.807) is 0 Å². The average Bonchev–Trinajstić information content (AvgIpc) is 2.27. The molecule has 3 nitrogen and oxygen atoms in total. The maximum Gasteiger partial charge on any atom is 0.266 e. The SMILES string of the molecule is O=c1[nH]cc(-c2ccccc2)c(O)c1Br. The first-order valence-corrected chi connectivity index (χ1v) is 5.15. The van der Waals surface area contributed by atoms with Gasteiger partial charge < -0.3 is 10.1 Å². The van der Waals surface area contributed by atoms with Crippen molar-refractivity contribution in [1.29, 1.82) is 0 Å². The minimum absolute atomic E-state index is 0.0371. The molecular formula is C11H8BrNO2. The second kappa shape index (κ2) is 3.90. The average molecular weight is 266 g/mol. The highest BCUT2D eigenvalue weighted by molar-refractivity contribution is 9.10. The third kappa shape index (κ3) is 1.80. The predicted molar refractivity (Wildman–Crippen MR) is 61.9 cm³/mol. The molecule has 2 N–H and O–H groups in total. The molecule has 15 heavy (non-hydrogen) atoms. The number of aromatic hydroxyl groups is 1. The van der Waals surface area contributed by atoms with Crippen LogP contribution in [-0.4, -0.2) is 10.1 Å². The van der Waals surface area contributed by atoms with E-state index in [2.05, 4.69) is 20.9 Å². The Hall–Kier alpha value is -1.55. The Morgan fingerprint density at radius 1 is 1.20 bits per heavy atom. The van der Waals surface area contributed by atoms with E-state index in [1.165, 1.54) is 6.20 Å². The minimum atomic E-state index is -0.341. The molecule has 0 spiro atoms. The zero-order valence-electron chi connectivity index (χ0n) is 7.70. The number of rotatable bonds is 1. The van der Waals surface area contributed by atoms with Gasteiger partial charge in [0, 0.05) is 11.8 Å². The number of benzene rings is 1. The lowest BCUT2D eigenvalue weighted by atomic mass is 10.1. The molecule has 76 valence electrons. The van der Waals surface area contributed by atoms with Crippen molar-refractivity contribution in [2.75, 3.05) is 0 Å². The molecule has 0 atom stereocenters. The van der Waals surface area contributed by atoms with E-state index in [0.29, 0.717) is 5.56 Å². The molecule has 4 heteroatoms. The molecule has 0 saturated heterocycles. The van der Waals surface area contributed by atoms with Crippen LogP contribution in [-0.2, 0) is 0 Å². The van der Waals surface area contributed by atoms with Crippen LogP contribution in [0.1, 0.15) is 0 Å². The fraction of sp³-hybridized carbons (Fsp3) is 0. The lowest BCUT2D eigenvalue weighted by Gasteiger charge is -2.04. The Kier molecular flexibility index (Phi) is 2.60. The van der Waals surface area contributed by atoms with Crippen molar-refractivity contribution in [3.63, 3.8) is 0 Å². The molecule has 0 bridgehead atoms. The highest BCUT2D eigenvalue weighted by atomic mass is 79.9. The summed E-state index contributed by atoms with van der Waals surface area (Å²) in [6.45, 7) is 0.